The summed E-state index contributed by atoms with van der Waals surface area (Å²) in [5.41, 5.74) is 0.535. The third-order valence-corrected chi connectivity index (χ3v) is 3.05. The van der Waals surface area contributed by atoms with Gasteiger partial charge in [-0.3, -0.25) is 0 Å². The zero-order valence-electron chi connectivity index (χ0n) is 8.06. The molecule has 0 aromatic heterocycles. The van der Waals surface area contributed by atoms with Gasteiger partial charge in [0, 0.05) is 19.6 Å². The van der Waals surface area contributed by atoms with E-state index in [-0.39, 0.29) is 5.60 Å². The van der Waals surface area contributed by atoms with Crippen LogP contribution < -0.4 is 0 Å². The van der Waals surface area contributed by atoms with Crippen molar-refractivity contribution in [2.75, 3.05) is 19.8 Å². The number of rotatable bonds is 0. The second-order valence-corrected chi connectivity index (χ2v) is 4.93. The van der Waals surface area contributed by atoms with Gasteiger partial charge in [0.05, 0.1) is 12.2 Å². The molecule has 2 heteroatoms. The minimum atomic E-state index is 0.0851. The van der Waals surface area contributed by atoms with Gasteiger partial charge in [0.15, 0.2) is 0 Å². The van der Waals surface area contributed by atoms with Crippen molar-refractivity contribution in [3.05, 3.63) is 0 Å². The molecule has 2 heterocycles. The number of hydrogen-bond acceptors (Lipinski definition) is 2. The summed E-state index contributed by atoms with van der Waals surface area (Å²) >= 11 is 0. The first-order valence-electron chi connectivity index (χ1n) is 4.84. The van der Waals surface area contributed by atoms with Gasteiger partial charge < -0.3 is 9.47 Å². The third kappa shape index (κ3) is 1.50. The van der Waals surface area contributed by atoms with Crippen molar-refractivity contribution in [2.45, 2.75) is 38.7 Å². The minimum Gasteiger partial charge on any atom is -0.378 e. The molecule has 0 N–H and O–H groups in total. The highest BCUT2D eigenvalue weighted by molar-refractivity contribution is 4.93. The first kappa shape index (κ1) is 8.52. The monoisotopic (exact) mass is 170 g/mol. The average Bonchev–Trinajstić information content (AvgIpc) is 2.34. The first-order valence-corrected chi connectivity index (χ1v) is 4.84. The Morgan fingerprint density at radius 1 is 1.08 bits per heavy atom. The van der Waals surface area contributed by atoms with E-state index in [1.807, 2.05) is 0 Å². The van der Waals surface area contributed by atoms with Crippen LogP contribution in [0.15, 0.2) is 0 Å². The van der Waals surface area contributed by atoms with Crippen LogP contribution in [0, 0.1) is 5.41 Å². The van der Waals surface area contributed by atoms with Crippen LogP contribution in [0.2, 0.25) is 0 Å². The van der Waals surface area contributed by atoms with E-state index in [2.05, 4.69) is 13.8 Å². The molecule has 0 aromatic rings. The fourth-order valence-corrected chi connectivity index (χ4v) is 2.40. The van der Waals surface area contributed by atoms with Crippen molar-refractivity contribution in [1.82, 2.24) is 0 Å². The normalized spacial score (nSPS) is 40.5. The Balaban J connectivity index is 2.07. The van der Waals surface area contributed by atoms with Crippen LogP contribution >= 0.6 is 0 Å². The highest BCUT2D eigenvalue weighted by Gasteiger charge is 2.43. The van der Waals surface area contributed by atoms with Gasteiger partial charge >= 0.3 is 0 Å². The maximum atomic E-state index is 5.84. The summed E-state index contributed by atoms with van der Waals surface area (Å²) in [5.74, 6) is 0. The van der Waals surface area contributed by atoms with E-state index in [4.69, 9.17) is 9.47 Å². The lowest BCUT2D eigenvalue weighted by Gasteiger charge is -2.41. The molecule has 0 saturated carbocycles. The molecule has 2 aliphatic heterocycles. The summed E-state index contributed by atoms with van der Waals surface area (Å²) < 4.78 is 11.2. The highest BCUT2D eigenvalue weighted by atomic mass is 16.6. The summed E-state index contributed by atoms with van der Waals surface area (Å²) in [4.78, 5) is 0. The van der Waals surface area contributed by atoms with Gasteiger partial charge in [0.1, 0.15) is 0 Å². The predicted octanol–water partition coefficient (Wildman–Crippen LogP) is 1.98. The molecular formula is C10H18O2. The Morgan fingerprint density at radius 3 is 2.50 bits per heavy atom. The average molecular weight is 170 g/mol. The molecule has 12 heavy (non-hydrogen) atoms. The van der Waals surface area contributed by atoms with Crippen molar-refractivity contribution >= 4 is 0 Å². The molecule has 0 aromatic carbocycles. The lowest BCUT2D eigenvalue weighted by atomic mass is 9.75. The Hall–Kier alpha value is -0.0800. The standard InChI is InChI=1S/C10H18O2/c1-9(2)3-6-12-10(7-9)4-5-11-8-10/h3-8H2,1-2H3. The summed E-state index contributed by atoms with van der Waals surface area (Å²) in [6, 6.07) is 0. The van der Waals surface area contributed by atoms with Gasteiger partial charge in [-0.25, -0.2) is 0 Å². The molecule has 1 atom stereocenters. The quantitative estimate of drug-likeness (QED) is 0.553. The topological polar surface area (TPSA) is 18.5 Å². The zero-order valence-corrected chi connectivity index (χ0v) is 8.06. The van der Waals surface area contributed by atoms with Gasteiger partial charge in [-0.15, -0.1) is 0 Å². The SMILES string of the molecule is CC1(C)CCOC2(CCOC2)C1. The van der Waals surface area contributed by atoms with Crippen LogP contribution in [0.4, 0.5) is 0 Å². The van der Waals surface area contributed by atoms with Crippen LogP contribution in [0.3, 0.4) is 0 Å². The predicted molar refractivity (Wildman–Crippen MR) is 47.1 cm³/mol. The van der Waals surface area contributed by atoms with Crippen LogP contribution in [0.1, 0.15) is 33.1 Å². The smallest absolute Gasteiger partial charge is 0.0941 e. The van der Waals surface area contributed by atoms with Gasteiger partial charge in [0.25, 0.3) is 0 Å². The van der Waals surface area contributed by atoms with Gasteiger partial charge in [-0.1, -0.05) is 13.8 Å². The molecule has 0 amide bonds. The van der Waals surface area contributed by atoms with E-state index in [0.717, 1.165) is 26.2 Å². The van der Waals surface area contributed by atoms with Gasteiger partial charge in [0.2, 0.25) is 0 Å². The Morgan fingerprint density at radius 2 is 1.92 bits per heavy atom. The maximum Gasteiger partial charge on any atom is 0.0941 e. The molecule has 0 aliphatic carbocycles. The Bertz CT molecular complexity index is 169. The summed E-state index contributed by atoms with van der Waals surface area (Å²) in [5, 5.41) is 0. The van der Waals surface area contributed by atoms with E-state index in [1.165, 1.54) is 12.8 Å². The van der Waals surface area contributed by atoms with Crippen molar-refractivity contribution < 1.29 is 9.47 Å². The van der Waals surface area contributed by atoms with Crippen LogP contribution in [-0.4, -0.2) is 25.4 Å². The molecule has 2 nitrogen and oxygen atoms in total. The molecule has 2 aliphatic rings. The van der Waals surface area contributed by atoms with Crippen molar-refractivity contribution in [3.63, 3.8) is 0 Å². The fraction of sp³-hybridized carbons (Fsp3) is 1.00. The first-order chi connectivity index (χ1) is 5.62. The summed E-state index contributed by atoms with van der Waals surface area (Å²) in [6.45, 7) is 7.27. The molecule has 1 spiro atoms. The van der Waals surface area contributed by atoms with Gasteiger partial charge in [-0.2, -0.15) is 0 Å². The second kappa shape index (κ2) is 2.71. The lowest BCUT2D eigenvalue weighted by molar-refractivity contribution is -0.117. The Kier molecular flexibility index (Phi) is 1.92. The van der Waals surface area contributed by atoms with E-state index in [1.54, 1.807) is 0 Å². The number of ether oxygens (including phenoxy) is 2. The van der Waals surface area contributed by atoms with Crippen molar-refractivity contribution in [2.24, 2.45) is 5.41 Å². The molecule has 0 radical (unpaired) electrons. The molecule has 2 saturated heterocycles. The van der Waals surface area contributed by atoms with E-state index < -0.39 is 0 Å². The highest BCUT2D eigenvalue weighted by Crippen LogP contribution is 2.42. The third-order valence-electron chi connectivity index (χ3n) is 3.05. The summed E-state index contributed by atoms with van der Waals surface area (Å²) in [6.07, 6.45) is 3.45. The van der Waals surface area contributed by atoms with Crippen LogP contribution in [-0.2, 0) is 9.47 Å². The summed E-state index contributed by atoms with van der Waals surface area (Å²) in [7, 11) is 0. The molecule has 1 unspecified atom stereocenters. The fourth-order valence-electron chi connectivity index (χ4n) is 2.40. The molecular weight excluding hydrogens is 152 g/mol. The molecule has 2 fully saturated rings. The van der Waals surface area contributed by atoms with Crippen molar-refractivity contribution in [1.29, 1.82) is 0 Å². The van der Waals surface area contributed by atoms with Gasteiger partial charge in [-0.05, 0) is 18.3 Å². The van der Waals surface area contributed by atoms with Crippen molar-refractivity contribution in [3.8, 4) is 0 Å². The number of hydrogen-bond donors (Lipinski definition) is 0. The largest absolute Gasteiger partial charge is 0.378 e. The minimum absolute atomic E-state index is 0.0851. The van der Waals surface area contributed by atoms with E-state index >= 15 is 0 Å². The van der Waals surface area contributed by atoms with E-state index in [0.29, 0.717) is 5.41 Å². The Labute approximate surface area is 74.2 Å². The van der Waals surface area contributed by atoms with E-state index in [9.17, 15) is 0 Å². The second-order valence-electron chi connectivity index (χ2n) is 4.93. The van der Waals surface area contributed by atoms with Crippen LogP contribution in [0.25, 0.3) is 0 Å². The van der Waals surface area contributed by atoms with Crippen LogP contribution in [0.5, 0.6) is 0 Å². The molecule has 2 rings (SSSR count). The lowest BCUT2D eigenvalue weighted by Crippen LogP contribution is -2.43. The molecule has 70 valence electrons. The maximum absolute atomic E-state index is 5.84. The zero-order chi connectivity index (χ0) is 8.66. The molecule has 0 bridgehead atoms.